The monoisotopic (exact) mass is 549 g/mol. The maximum absolute atomic E-state index is 13.5. The van der Waals surface area contributed by atoms with Gasteiger partial charge >= 0.3 is 0 Å². The van der Waals surface area contributed by atoms with E-state index in [0.717, 1.165) is 5.56 Å². The molecule has 3 heterocycles. The van der Waals surface area contributed by atoms with E-state index in [9.17, 15) is 18.0 Å². The number of aryl methyl sites for hydroxylation is 1. The lowest BCUT2D eigenvalue weighted by atomic mass is 10.0. The van der Waals surface area contributed by atoms with Gasteiger partial charge in [-0.15, -0.1) is 0 Å². The van der Waals surface area contributed by atoms with Crippen LogP contribution in [0.1, 0.15) is 50.5 Å². The van der Waals surface area contributed by atoms with Crippen LogP contribution in [0.4, 0.5) is 5.82 Å². The molecule has 39 heavy (non-hydrogen) atoms. The molecule has 0 bridgehead atoms. The second kappa shape index (κ2) is 10.0. The summed E-state index contributed by atoms with van der Waals surface area (Å²) in [5.41, 5.74) is 2.34. The number of sulfonamides is 1. The van der Waals surface area contributed by atoms with Crippen molar-refractivity contribution in [3.63, 3.8) is 0 Å². The van der Waals surface area contributed by atoms with Crippen molar-refractivity contribution in [2.45, 2.75) is 30.6 Å². The molecule has 0 saturated heterocycles. The van der Waals surface area contributed by atoms with E-state index in [-0.39, 0.29) is 42.7 Å². The van der Waals surface area contributed by atoms with Gasteiger partial charge in [0.1, 0.15) is 10.4 Å². The first-order valence-electron chi connectivity index (χ1n) is 12.3. The molecule has 1 aliphatic carbocycles. The Hall–Kier alpha value is -4.44. The van der Waals surface area contributed by atoms with Crippen molar-refractivity contribution < 1.29 is 22.7 Å². The number of pyridine rings is 1. The Bertz CT molecular complexity index is 1590. The molecule has 0 radical (unpaired) electrons. The summed E-state index contributed by atoms with van der Waals surface area (Å²) in [5.74, 6) is -0.376. The van der Waals surface area contributed by atoms with Crippen molar-refractivity contribution in [2.24, 2.45) is 7.05 Å². The van der Waals surface area contributed by atoms with Crippen molar-refractivity contribution in [2.75, 3.05) is 24.9 Å². The molecular weight excluding hydrogens is 522 g/mol. The van der Waals surface area contributed by atoms with Gasteiger partial charge in [0, 0.05) is 38.4 Å². The van der Waals surface area contributed by atoms with Gasteiger partial charge in [0.25, 0.3) is 11.8 Å². The molecule has 13 heteroatoms. The summed E-state index contributed by atoms with van der Waals surface area (Å²) in [6.07, 6.45) is 2.65. The van der Waals surface area contributed by atoms with Gasteiger partial charge < -0.3 is 15.0 Å². The number of nitrogens with one attached hydrogen (secondary N) is 2. The molecule has 5 rings (SSSR count). The Morgan fingerprint density at radius 2 is 1.97 bits per heavy atom. The molecule has 0 atom stereocenters. The quantitative estimate of drug-likeness (QED) is 0.407. The van der Waals surface area contributed by atoms with Gasteiger partial charge in [-0.25, -0.2) is 13.4 Å². The van der Waals surface area contributed by atoms with Crippen LogP contribution >= 0.6 is 0 Å². The number of hydrogen-bond donors (Lipinski definition) is 2. The first kappa shape index (κ1) is 26.2. The van der Waals surface area contributed by atoms with Crippen molar-refractivity contribution in [1.29, 1.82) is 5.26 Å². The second-order valence-electron chi connectivity index (χ2n) is 9.61. The summed E-state index contributed by atoms with van der Waals surface area (Å²) >= 11 is 0. The number of fused-ring (bicyclic) bond motifs is 1. The predicted molar refractivity (Wildman–Crippen MR) is 140 cm³/mol. The number of amides is 2. The van der Waals surface area contributed by atoms with Crippen LogP contribution in [-0.2, 0) is 30.0 Å². The fourth-order valence-corrected chi connectivity index (χ4v) is 6.32. The number of carbonyl (C=O) groups is 2. The van der Waals surface area contributed by atoms with Crippen LogP contribution in [0.15, 0.2) is 42.6 Å². The topological polar surface area (TPSA) is 159 Å². The summed E-state index contributed by atoms with van der Waals surface area (Å²) in [6, 6.07) is 12.2. The Balaban J connectivity index is 1.29. The number of benzene rings is 1. The Kier molecular flexibility index (Phi) is 6.73. The number of anilines is 1. The largest absolute Gasteiger partial charge is 0.493 e. The predicted octanol–water partition coefficient (Wildman–Crippen LogP) is 1.60. The highest BCUT2D eigenvalue weighted by Crippen LogP contribution is 2.46. The minimum Gasteiger partial charge on any atom is -0.493 e. The van der Waals surface area contributed by atoms with Crippen LogP contribution in [0, 0.1) is 11.3 Å². The van der Waals surface area contributed by atoms with E-state index >= 15 is 0 Å². The summed E-state index contributed by atoms with van der Waals surface area (Å²) in [5, 5.41) is 16.1. The molecular formula is C26H27N7O5S. The van der Waals surface area contributed by atoms with Gasteiger partial charge in [-0.1, -0.05) is 12.1 Å². The van der Waals surface area contributed by atoms with Crippen molar-refractivity contribution in [1.82, 2.24) is 25.0 Å². The molecule has 0 unspecified atom stereocenters. The van der Waals surface area contributed by atoms with Gasteiger partial charge in [-0.2, -0.15) is 10.4 Å². The standard InChI is InChI=1S/C26H27N7O5S/c1-32-22-19(21(30-32)24(34)29-15-18-7-5-17(14-27)6-8-18)9-13-33(25(22)35)16-26(10-11-26)39(36,37)31-23-20(38-2)4-3-12-28-23/h3-8,12H,9-11,13,15-16H2,1-2H3,(H,28,31)(H,29,34). The smallest absolute Gasteiger partial charge is 0.272 e. The first-order valence-corrected chi connectivity index (χ1v) is 13.8. The third kappa shape index (κ3) is 4.90. The molecule has 1 saturated carbocycles. The van der Waals surface area contributed by atoms with Crippen LogP contribution in [0.2, 0.25) is 0 Å². The van der Waals surface area contributed by atoms with Crippen LogP contribution in [0.3, 0.4) is 0 Å². The summed E-state index contributed by atoms with van der Waals surface area (Å²) in [4.78, 5) is 32.0. The van der Waals surface area contributed by atoms with E-state index in [1.165, 1.54) is 22.9 Å². The van der Waals surface area contributed by atoms with Crippen LogP contribution in [-0.4, -0.2) is 64.8 Å². The van der Waals surface area contributed by atoms with E-state index in [1.54, 1.807) is 43.4 Å². The molecule has 2 amide bonds. The molecule has 2 aliphatic rings. The minimum atomic E-state index is -3.88. The summed E-state index contributed by atoms with van der Waals surface area (Å²) in [6.45, 7) is 0.517. The molecule has 3 aromatic rings. The number of methoxy groups -OCH3 is 1. The van der Waals surface area contributed by atoms with Gasteiger partial charge in [-0.3, -0.25) is 19.0 Å². The van der Waals surface area contributed by atoms with Gasteiger partial charge in [0.05, 0.1) is 18.7 Å². The number of nitrogens with zero attached hydrogens (tertiary/aromatic N) is 5. The molecule has 1 aliphatic heterocycles. The Morgan fingerprint density at radius 1 is 1.23 bits per heavy atom. The van der Waals surface area contributed by atoms with Crippen molar-refractivity contribution in [3.8, 4) is 11.8 Å². The van der Waals surface area contributed by atoms with Gasteiger partial charge in [0.2, 0.25) is 10.0 Å². The molecule has 2 N–H and O–H groups in total. The summed E-state index contributed by atoms with van der Waals surface area (Å²) in [7, 11) is -0.857. The third-order valence-electron chi connectivity index (χ3n) is 7.10. The number of carbonyl (C=O) groups excluding carboxylic acids is 2. The lowest BCUT2D eigenvalue weighted by Gasteiger charge is -2.31. The number of hydrogen-bond acceptors (Lipinski definition) is 8. The fourth-order valence-electron chi connectivity index (χ4n) is 4.73. The zero-order chi connectivity index (χ0) is 27.8. The van der Waals surface area contributed by atoms with Crippen LogP contribution < -0.4 is 14.8 Å². The Morgan fingerprint density at radius 3 is 2.64 bits per heavy atom. The molecule has 1 fully saturated rings. The number of nitriles is 1. The van der Waals surface area contributed by atoms with E-state index in [2.05, 4.69) is 26.2 Å². The Labute approximate surface area is 225 Å². The number of ether oxygens (including phenoxy) is 1. The average molecular weight is 550 g/mol. The van der Waals surface area contributed by atoms with Gasteiger partial charge in [0.15, 0.2) is 17.3 Å². The van der Waals surface area contributed by atoms with Crippen molar-refractivity contribution >= 4 is 27.7 Å². The van der Waals surface area contributed by atoms with E-state index in [4.69, 9.17) is 10.00 Å². The third-order valence-corrected chi connectivity index (χ3v) is 9.24. The average Bonchev–Trinajstić information content (AvgIpc) is 3.65. The zero-order valence-corrected chi connectivity index (χ0v) is 22.3. The molecule has 2 aromatic heterocycles. The van der Waals surface area contributed by atoms with E-state index < -0.39 is 20.7 Å². The lowest BCUT2D eigenvalue weighted by molar-refractivity contribution is 0.0724. The van der Waals surface area contributed by atoms with Crippen LogP contribution in [0.25, 0.3) is 0 Å². The maximum Gasteiger partial charge on any atom is 0.272 e. The fraction of sp³-hybridized carbons (Fsp3) is 0.346. The number of rotatable bonds is 9. The van der Waals surface area contributed by atoms with E-state index in [0.29, 0.717) is 36.1 Å². The highest BCUT2D eigenvalue weighted by Gasteiger charge is 2.57. The minimum absolute atomic E-state index is 0.0150. The van der Waals surface area contributed by atoms with E-state index in [1.807, 2.05) is 0 Å². The normalized spacial score (nSPS) is 15.7. The molecule has 12 nitrogen and oxygen atoms in total. The number of aromatic nitrogens is 3. The maximum atomic E-state index is 13.5. The zero-order valence-electron chi connectivity index (χ0n) is 21.5. The molecule has 202 valence electrons. The second-order valence-corrected chi connectivity index (χ2v) is 11.7. The summed E-state index contributed by atoms with van der Waals surface area (Å²) < 4.78 is 34.7. The molecule has 0 spiro atoms. The highest BCUT2D eigenvalue weighted by molar-refractivity contribution is 7.94. The van der Waals surface area contributed by atoms with Gasteiger partial charge in [-0.05, 0) is 49.1 Å². The lowest BCUT2D eigenvalue weighted by Crippen LogP contribution is -2.47. The van der Waals surface area contributed by atoms with Crippen molar-refractivity contribution in [3.05, 3.63) is 70.7 Å². The highest BCUT2D eigenvalue weighted by atomic mass is 32.2. The SMILES string of the molecule is COc1cccnc1NS(=O)(=O)C1(CN2CCc3c(C(=O)NCc4ccc(C#N)cc4)nn(C)c3C2=O)CC1. The molecule has 1 aromatic carbocycles. The van der Waals surface area contributed by atoms with Crippen LogP contribution in [0.5, 0.6) is 5.75 Å². The first-order chi connectivity index (χ1) is 18.7.